The summed E-state index contributed by atoms with van der Waals surface area (Å²) < 4.78 is 15.2. The van der Waals surface area contributed by atoms with E-state index in [0.717, 1.165) is 37.4 Å². The van der Waals surface area contributed by atoms with Gasteiger partial charge >= 0.3 is 0 Å². The summed E-state index contributed by atoms with van der Waals surface area (Å²) in [5.74, 6) is 1.58. The van der Waals surface area contributed by atoms with Crippen molar-refractivity contribution in [2.45, 2.75) is 0 Å². The largest absolute Gasteiger partial charge is 0.369 e. The first-order chi connectivity index (χ1) is 15.7. The predicted octanol–water partition coefficient (Wildman–Crippen LogP) is 3.96. The summed E-state index contributed by atoms with van der Waals surface area (Å²) in [4.78, 5) is 18.2. The van der Waals surface area contributed by atoms with Gasteiger partial charge in [0.1, 0.15) is 17.5 Å². The normalized spacial score (nSPS) is 14.5. The number of anilines is 3. The number of hydrogen-bond donors (Lipinski definition) is 1. The van der Waals surface area contributed by atoms with E-state index in [1.54, 1.807) is 24.5 Å². The fraction of sp³-hybridized carbons (Fsp3) is 0.208. The molecule has 0 unspecified atom stereocenters. The molecule has 1 N–H and O–H groups in total. The van der Waals surface area contributed by atoms with Crippen LogP contribution >= 0.6 is 0 Å². The Balaban J connectivity index is 1.33. The van der Waals surface area contributed by atoms with Crippen molar-refractivity contribution in [3.63, 3.8) is 0 Å². The van der Waals surface area contributed by atoms with Gasteiger partial charge in [0.05, 0.1) is 0 Å². The van der Waals surface area contributed by atoms with E-state index in [2.05, 4.69) is 49.2 Å². The molecule has 0 radical (unpaired) electrons. The second-order valence-electron chi connectivity index (χ2n) is 7.83. The minimum Gasteiger partial charge on any atom is -0.369 e. The summed E-state index contributed by atoms with van der Waals surface area (Å²) in [6, 6.07) is 16.4. The van der Waals surface area contributed by atoms with Gasteiger partial charge in [-0.15, -0.1) is 0 Å². The highest BCUT2D eigenvalue weighted by atomic mass is 19.1. The standard InChI is InChI=1S/C24H24FN7/c1-30-14-16-31(17-15-30)21-8-6-20(7-9-21)28-24-27-11-10-22(29-24)32-13-12-26-23(32)18-2-4-19(25)5-3-18/h2-13H,14-17H2,1H3,(H,27,28,29). The minimum absolute atomic E-state index is 0.279. The lowest BCUT2D eigenvalue weighted by Gasteiger charge is -2.34. The molecular weight excluding hydrogens is 405 g/mol. The van der Waals surface area contributed by atoms with E-state index in [1.165, 1.54) is 17.8 Å². The molecule has 1 saturated heterocycles. The Morgan fingerprint density at radius 1 is 0.844 bits per heavy atom. The molecule has 0 aliphatic carbocycles. The molecule has 1 aliphatic rings. The van der Waals surface area contributed by atoms with Crippen LogP contribution in [0.1, 0.15) is 0 Å². The molecule has 1 aliphatic heterocycles. The zero-order valence-corrected chi connectivity index (χ0v) is 17.8. The van der Waals surface area contributed by atoms with E-state index in [9.17, 15) is 4.39 Å². The van der Waals surface area contributed by atoms with Crippen molar-refractivity contribution >= 4 is 17.3 Å². The van der Waals surface area contributed by atoms with Crippen molar-refractivity contribution in [2.24, 2.45) is 0 Å². The van der Waals surface area contributed by atoms with E-state index >= 15 is 0 Å². The van der Waals surface area contributed by atoms with E-state index in [0.29, 0.717) is 17.6 Å². The lowest BCUT2D eigenvalue weighted by molar-refractivity contribution is 0.313. The van der Waals surface area contributed by atoms with Gasteiger partial charge in [-0.1, -0.05) is 0 Å². The van der Waals surface area contributed by atoms with Crippen molar-refractivity contribution in [3.05, 3.63) is 79.0 Å². The second kappa shape index (κ2) is 8.76. The molecular formula is C24H24FN7. The van der Waals surface area contributed by atoms with Crippen molar-refractivity contribution in [3.8, 4) is 17.2 Å². The van der Waals surface area contributed by atoms with Gasteiger partial charge in [0, 0.05) is 61.7 Å². The molecule has 32 heavy (non-hydrogen) atoms. The third-order valence-corrected chi connectivity index (χ3v) is 5.62. The monoisotopic (exact) mass is 429 g/mol. The fourth-order valence-electron chi connectivity index (χ4n) is 3.79. The van der Waals surface area contributed by atoms with Crippen LogP contribution < -0.4 is 10.2 Å². The Morgan fingerprint density at radius 3 is 2.34 bits per heavy atom. The van der Waals surface area contributed by atoms with Crippen LogP contribution in [0.5, 0.6) is 0 Å². The molecule has 3 heterocycles. The van der Waals surface area contributed by atoms with Crippen LogP contribution in [0.3, 0.4) is 0 Å². The highest BCUT2D eigenvalue weighted by Crippen LogP contribution is 2.23. The number of halogens is 1. The zero-order chi connectivity index (χ0) is 21.9. The van der Waals surface area contributed by atoms with Gasteiger partial charge in [0.15, 0.2) is 0 Å². The Hall–Kier alpha value is -3.78. The third kappa shape index (κ3) is 4.31. The van der Waals surface area contributed by atoms with Crippen molar-refractivity contribution in [1.29, 1.82) is 0 Å². The van der Waals surface area contributed by atoms with Crippen molar-refractivity contribution < 1.29 is 4.39 Å². The van der Waals surface area contributed by atoms with E-state index in [4.69, 9.17) is 0 Å². The van der Waals surface area contributed by atoms with Gasteiger partial charge < -0.3 is 15.1 Å². The quantitative estimate of drug-likeness (QED) is 0.518. The number of benzene rings is 2. The van der Waals surface area contributed by atoms with Gasteiger partial charge in [-0.3, -0.25) is 4.57 Å². The molecule has 0 saturated carbocycles. The van der Waals surface area contributed by atoms with E-state index in [1.807, 2.05) is 29.0 Å². The first-order valence-electron chi connectivity index (χ1n) is 10.6. The minimum atomic E-state index is -0.279. The number of imidazole rings is 1. The molecule has 7 nitrogen and oxygen atoms in total. The number of nitrogens with zero attached hydrogens (tertiary/aromatic N) is 6. The summed E-state index contributed by atoms with van der Waals surface area (Å²) in [7, 11) is 2.16. The molecule has 162 valence electrons. The number of aromatic nitrogens is 4. The lowest BCUT2D eigenvalue weighted by atomic mass is 10.2. The van der Waals surface area contributed by atoms with Crippen LogP contribution in [0.25, 0.3) is 17.2 Å². The number of nitrogens with one attached hydrogen (secondary N) is 1. The SMILES string of the molecule is CN1CCN(c2ccc(Nc3nccc(-n4ccnc4-c4ccc(F)cc4)n3)cc2)CC1. The fourth-order valence-corrected chi connectivity index (χ4v) is 3.79. The maximum atomic E-state index is 13.3. The Morgan fingerprint density at radius 2 is 1.59 bits per heavy atom. The first kappa shape index (κ1) is 20.1. The van der Waals surface area contributed by atoms with Crippen LogP contribution in [0.2, 0.25) is 0 Å². The molecule has 0 bridgehead atoms. The van der Waals surface area contributed by atoms with Crippen LogP contribution in [0.15, 0.2) is 73.2 Å². The average molecular weight is 430 g/mol. The van der Waals surface area contributed by atoms with Crippen molar-refractivity contribution in [2.75, 3.05) is 43.4 Å². The maximum absolute atomic E-state index is 13.3. The number of rotatable bonds is 5. The number of hydrogen-bond acceptors (Lipinski definition) is 6. The topological polar surface area (TPSA) is 62.1 Å². The predicted molar refractivity (Wildman–Crippen MR) is 124 cm³/mol. The molecule has 1 fully saturated rings. The molecule has 0 amide bonds. The second-order valence-corrected chi connectivity index (χ2v) is 7.83. The zero-order valence-electron chi connectivity index (χ0n) is 17.8. The number of likely N-dealkylation sites (N-methyl/N-ethyl adjacent to an activating group) is 1. The summed E-state index contributed by atoms with van der Waals surface area (Å²) in [6.45, 7) is 4.23. The van der Waals surface area contributed by atoms with Gasteiger partial charge in [0.25, 0.3) is 0 Å². The molecule has 4 aromatic rings. The van der Waals surface area contributed by atoms with Crippen LogP contribution in [0.4, 0.5) is 21.7 Å². The van der Waals surface area contributed by atoms with E-state index in [-0.39, 0.29) is 5.82 Å². The lowest BCUT2D eigenvalue weighted by Crippen LogP contribution is -2.44. The third-order valence-electron chi connectivity index (χ3n) is 5.62. The highest BCUT2D eigenvalue weighted by molar-refractivity contribution is 5.61. The smallest absolute Gasteiger partial charge is 0.229 e. The Labute approximate surface area is 186 Å². The summed E-state index contributed by atoms with van der Waals surface area (Å²) in [5.41, 5.74) is 2.95. The summed E-state index contributed by atoms with van der Waals surface area (Å²) in [5, 5.41) is 3.28. The molecule has 0 spiro atoms. The van der Waals surface area contributed by atoms with Gasteiger partial charge in [0.2, 0.25) is 5.95 Å². The van der Waals surface area contributed by atoms with Crippen LogP contribution in [-0.4, -0.2) is 57.6 Å². The van der Waals surface area contributed by atoms with Crippen LogP contribution in [-0.2, 0) is 0 Å². The molecule has 5 rings (SSSR count). The summed E-state index contributed by atoms with van der Waals surface area (Å²) >= 11 is 0. The molecule has 0 atom stereocenters. The first-order valence-corrected chi connectivity index (χ1v) is 10.6. The van der Waals surface area contributed by atoms with Gasteiger partial charge in [-0.2, -0.15) is 4.98 Å². The molecule has 8 heteroatoms. The maximum Gasteiger partial charge on any atom is 0.229 e. The molecule has 2 aromatic heterocycles. The van der Waals surface area contributed by atoms with Crippen molar-refractivity contribution in [1.82, 2.24) is 24.4 Å². The summed E-state index contributed by atoms with van der Waals surface area (Å²) in [6.07, 6.45) is 5.23. The number of piperazine rings is 1. The molecule has 2 aromatic carbocycles. The van der Waals surface area contributed by atoms with Gasteiger partial charge in [-0.25, -0.2) is 14.4 Å². The highest BCUT2D eigenvalue weighted by Gasteiger charge is 2.14. The van der Waals surface area contributed by atoms with E-state index < -0.39 is 0 Å². The average Bonchev–Trinajstić information content (AvgIpc) is 3.31. The van der Waals surface area contributed by atoms with Gasteiger partial charge in [-0.05, 0) is 61.6 Å². The Bertz CT molecular complexity index is 1180. The Kier molecular flexibility index (Phi) is 5.51. The van der Waals surface area contributed by atoms with Crippen LogP contribution in [0, 0.1) is 5.82 Å².